The predicted molar refractivity (Wildman–Crippen MR) is 153 cm³/mol. The van der Waals surface area contributed by atoms with Crippen molar-refractivity contribution in [3.63, 3.8) is 0 Å². The van der Waals surface area contributed by atoms with E-state index in [1.165, 1.54) is 5.38 Å². The minimum atomic E-state index is -4.88. The quantitative estimate of drug-likeness (QED) is 0.0622. The monoisotopic (exact) mass is 683 g/mol. The zero-order valence-corrected chi connectivity index (χ0v) is 25.3. The second kappa shape index (κ2) is 12.4. The third kappa shape index (κ3) is 6.83. The number of anilines is 1. The van der Waals surface area contributed by atoms with Crippen LogP contribution in [-0.4, -0.2) is 116 Å². The van der Waals surface area contributed by atoms with Crippen molar-refractivity contribution in [2.45, 2.75) is 25.5 Å². The average Bonchev–Trinajstić information content (AvgIpc) is 3.56. The topological polar surface area (TPSA) is 304 Å². The Kier molecular flexibility index (Phi) is 8.91. The van der Waals surface area contributed by atoms with Crippen LogP contribution in [0.4, 0.5) is 14.7 Å². The van der Waals surface area contributed by atoms with E-state index in [9.17, 15) is 52.5 Å². The van der Waals surface area contributed by atoms with Crippen molar-refractivity contribution in [2.24, 2.45) is 5.16 Å². The Morgan fingerprint density at radius 3 is 2.43 bits per heavy atom. The zero-order chi connectivity index (χ0) is 34.1. The molecule has 3 heterocycles. The maximum absolute atomic E-state index is 12.9. The summed E-state index contributed by atoms with van der Waals surface area (Å²) in [6.45, 7) is 0.992. The molecule has 23 heteroatoms. The first kappa shape index (κ1) is 33.2. The highest BCUT2D eigenvalue weighted by atomic mass is 32.2. The molecule has 46 heavy (non-hydrogen) atoms. The van der Waals surface area contributed by atoms with Gasteiger partial charge in [0.1, 0.15) is 11.7 Å². The average molecular weight is 684 g/mol. The normalized spacial score (nSPS) is 17.0. The first-order valence-corrected chi connectivity index (χ1v) is 15.1. The van der Waals surface area contributed by atoms with Gasteiger partial charge in [-0.15, -0.1) is 11.3 Å². The van der Waals surface area contributed by atoms with E-state index in [1.54, 1.807) is 4.72 Å². The molecule has 2 saturated heterocycles. The number of nitrogens with two attached hydrogens (primary N) is 1. The van der Waals surface area contributed by atoms with Crippen molar-refractivity contribution in [1.82, 2.24) is 34.7 Å². The van der Waals surface area contributed by atoms with E-state index in [2.05, 4.69) is 20.9 Å². The number of benzene rings is 1. The summed E-state index contributed by atoms with van der Waals surface area (Å²) in [4.78, 5) is 83.9. The lowest BCUT2D eigenvalue weighted by molar-refractivity contribution is -0.161. The van der Waals surface area contributed by atoms with E-state index in [1.807, 2.05) is 0 Å². The number of aromatic nitrogens is 1. The molecule has 0 spiro atoms. The second-order valence-electron chi connectivity index (χ2n) is 9.96. The van der Waals surface area contributed by atoms with Gasteiger partial charge in [-0.05, 0) is 32.0 Å². The summed E-state index contributed by atoms with van der Waals surface area (Å²) in [5.74, 6) is -5.52. The lowest BCUT2D eigenvalue weighted by atomic mass is 10.1. The van der Waals surface area contributed by atoms with E-state index in [-0.39, 0.29) is 27.2 Å². The number of nitrogens with zero attached hydrogens (tertiary/aromatic N) is 5. The number of nitrogen functional groups attached to an aromatic ring is 1. The Hall–Kier alpha value is -5.71. The smallest absolute Gasteiger partial charge is 0.353 e. The molecule has 0 saturated carbocycles. The Labute approximate surface area is 262 Å². The number of likely N-dealkylation sites (tertiary alicyclic amines) is 1. The number of carbonyl (C=O) groups is 6. The Bertz CT molecular complexity index is 1770. The van der Waals surface area contributed by atoms with Gasteiger partial charge < -0.3 is 31.2 Å². The van der Waals surface area contributed by atoms with Crippen molar-refractivity contribution in [1.29, 1.82) is 0 Å². The first-order chi connectivity index (χ1) is 21.4. The first-order valence-electron chi connectivity index (χ1n) is 12.7. The van der Waals surface area contributed by atoms with Crippen LogP contribution in [0.2, 0.25) is 0 Å². The highest BCUT2D eigenvalue weighted by molar-refractivity contribution is 7.88. The Morgan fingerprint density at radius 2 is 1.85 bits per heavy atom. The number of amides is 7. The molecule has 1 atom stereocenters. The van der Waals surface area contributed by atoms with Gasteiger partial charge in [-0.1, -0.05) is 5.16 Å². The van der Waals surface area contributed by atoms with Crippen LogP contribution in [0.5, 0.6) is 11.5 Å². The van der Waals surface area contributed by atoms with Gasteiger partial charge in [-0.3, -0.25) is 24.7 Å². The molecule has 7 amide bonds. The minimum absolute atomic E-state index is 0.0383. The molecule has 0 radical (unpaired) electrons. The summed E-state index contributed by atoms with van der Waals surface area (Å²) in [6.07, 6.45) is 0. The molecular formula is C23H25N9O12S2. The number of aliphatic carboxylic acids is 1. The lowest BCUT2D eigenvalue weighted by Crippen LogP contribution is -2.68. The number of hydrogen-bond donors (Lipinski definition) is 7. The summed E-state index contributed by atoms with van der Waals surface area (Å²) >= 11 is 0.932. The number of rotatable bonds is 10. The fourth-order valence-corrected chi connectivity index (χ4v) is 5.27. The fourth-order valence-electron chi connectivity index (χ4n) is 3.66. The van der Waals surface area contributed by atoms with Crippen molar-refractivity contribution in [2.75, 3.05) is 25.4 Å². The molecule has 21 nitrogen and oxygen atoms in total. The molecule has 246 valence electrons. The van der Waals surface area contributed by atoms with Gasteiger partial charge in [0.2, 0.25) is 5.60 Å². The summed E-state index contributed by atoms with van der Waals surface area (Å²) in [6, 6.07) is -0.964. The number of carbonyl (C=O) groups excluding carboxylic acids is 5. The molecule has 2 fully saturated rings. The summed E-state index contributed by atoms with van der Waals surface area (Å²) in [7, 11) is -4.88. The van der Waals surface area contributed by atoms with Crippen LogP contribution in [0.1, 0.15) is 29.9 Å². The fraction of sp³-hybridized carbons (Fsp3) is 0.304. The second-order valence-corrected chi connectivity index (χ2v) is 12.4. The number of hydrogen-bond acceptors (Lipinski definition) is 15. The molecule has 2 aliphatic rings. The number of nitrogens with one attached hydrogen (secondary N) is 3. The number of carboxylic acids is 1. The number of aromatic hydroxyl groups is 2. The zero-order valence-electron chi connectivity index (χ0n) is 23.7. The van der Waals surface area contributed by atoms with Crippen molar-refractivity contribution in [3.05, 3.63) is 34.8 Å². The van der Waals surface area contributed by atoms with Gasteiger partial charge in [0, 0.05) is 10.9 Å². The van der Waals surface area contributed by atoms with E-state index in [4.69, 9.17) is 10.6 Å². The SMILES string of the molecule is CC(C)(O/N=C(/C(=O)NC1CN(C(=O)NS(=O)(=O)N2CCN(NC(=O)c3ccc(O)c(O)c3)C2=O)C1=O)c1csc(N)n1)C(=O)O. The molecule has 0 bridgehead atoms. The molecule has 2 aromatic rings. The number of imide groups is 1. The molecule has 1 aromatic heterocycles. The number of phenolic OH excluding ortho intramolecular Hbond substituents is 2. The number of β-lactam (4-membered cyclic amide) rings is 1. The van der Waals surface area contributed by atoms with Crippen molar-refractivity contribution in [3.8, 4) is 11.5 Å². The highest BCUT2D eigenvalue weighted by Gasteiger charge is 2.46. The van der Waals surface area contributed by atoms with Gasteiger partial charge in [0.05, 0.1) is 19.6 Å². The van der Waals surface area contributed by atoms with E-state index in [0.717, 1.165) is 43.4 Å². The van der Waals surface area contributed by atoms with E-state index < -0.39 is 87.9 Å². The molecule has 1 unspecified atom stereocenters. The Balaban J connectivity index is 1.35. The summed E-state index contributed by atoms with van der Waals surface area (Å²) in [5, 5.41) is 36.0. The highest BCUT2D eigenvalue weighted by Crippen LogP contribution is 2.25. The van der Waals surface area contributed by atoms with Crippen LogP contribution in [0.25, 0.3) is 0 Å². The van der Waals surface area contributed by atoms with Gasteiger partial charge in [-0.25, -0.2) is 33.4 Å². The molecule has 1 aromatic carbocycles. The number of phenols is 2. The van der Waals surface area contributed by atoms with Crippen molar-refractivity contribution < 1.29 is 57.3 Å². The van der Waals surface area contributed by atoms with Gasteiger partial charge in [0.15, 0.2) is 22.3 Å². The van der Waals surface area contributed by atoms with Crippen LogP contribution < -0.4 is 21.2 Å². The third-order valence-corrected chi connectivity index (χ3v) is 8.32. The van der Waals surface area contributed by atoms with Crippen LogP contribution in [0.3, 0.4) is 0 Å². The molecule has 2 aliphatic heterocycles. The van der Waals surface area contributed by atoms with Gasteiger partial charge in [-0.2, -0.15) is 8.42 Å². The molecule has 8 N–H and O–H groups in total. The predicted octanol–water partition coefficient (Wildman–Crippen LogP) is -1.92. The number of hydrazine groups is 1. The molecule has 4 rings (SSSR count). The number of oxime groups is 1. The maximum atomic E-state index is 12.9. The number of thiazole rings is 1. The van der Waals surface area contributed by atoms with Gasteiger partial charge >= 0.3 is 28.2 Å². The Morgan fingerprint density at radius 1 is 1.15 bits per heavy atom. The minimum Gasteiger partial charge on any atom is -0.504 e. The van der Waals surface area contributed by atoms with Crippen molar-refractivity contribution >= 4 is 68.1 Å². The number of urea groups is 2. The summed E-state index contributed by atoms with van der Waals surface area (Å²) < 4.78 is 27.3. The van der Waals surface area contributed by atoms with Gasteiger partial charge in [0.25, 0.3) is 17.7 Å². The van der Waals surface area contributed by atoms with E-state index in [0.29, 0.717) is 9.91 Å². The standard InChI is InChI=1S/C23H25N9O12S2/c1-23(2,19(38)39)44-28-15(12-9-45-20(24)26-12)17(36)25-11-8-30(18(11)37)21(40)29-46(42,43)32-6-5-31(22(32)41)27-16(35)10-3-4-13(33)14(34)7-10/h3-4,7,9,11,33-34H,5-6,8H2,1-2H3,(H2,24,26)(H,25,36)(H,27,35)(H,29,40)(H,38,39)/b28-15+. The lowest BCUT2D eigenvalue weighted by Gasteiger charge is -2.36. The van der Waals surface area contributed by atoms with Crippen LogP contribution in [-0.2, 0) is 29.4 Å². The molecule has 0 aliphatic carbocycles. The largest absolute Gasteiger partial charge is 0.504 e. The maximum Gasteiger partial charge on any atom is 0.353 e. The number of carboxylic acid groups (broad SMARTS) is 1. The van der Waals surface area contributed by atoms with E-state index >= 15 is 0 Å². The summed E-state index contributed by atoms with van der Waals surface area (Å²) in [5.41, 5.74) is 5.08. The van der Waals surface area contributed by atoms with Crippen LogP contribution >= 0.6 is 11.3 Å². The van der Waals surface area contributed by atoms with Crippen LogP contribution in [0.15, 0.2) is 28.7 Å². The molecular weight excluding hydrogens is 658 g/mol. The van der Waals surface area contributed by atoms with Crippen LogP contribution in [0, 0.1) is 0 Å². The third-order valence-electron chi connectivity index (χ3n) is 6.29.